The minimum atomic E-state index is -0.503. The van der Waals surface area contributed by atoms with E-state index in [0.717, 1.165) is 27.6 Å². The van der Waals surface area contributed by atoms with E-state index in [1.807, 2.05) is 25.1 Å². The Labute approximate surface area is 144 Å². The topological polar surface area (TPSA) is 98.7 Å². The van der Waals surface area contributed by atoms with E-state index in [9.17, 15) is 4.79 Å². The normalized spacial score (nSPS) is 10.2. The van der Waals surface area contributed by atoms with E-state index >= 15 is 0 Å². The lowest BCUT2D eigenvalue weighted by Gasteiger charge is -2.10. The van der Waals surface area contributed by atoms with E-state index in [1.165, 1.54) is 0 Å². The predicted molar refractivity (Wildman–Crippen MR) is 98.3 cm³/mol. The number of carbonyl (C=O) groups excluding carboxylic acids is 1. The van der Waals surface area contributed by atoms with E-state index in [1.54, 1.807) is 30.5 Å². The summed E-state index contributed by atoms with van der Waals surface area (Å²) in [7, 11) is 0. The summed E-state index contributed by atoms with van der Waals surface area (Å²) in [6.45, 7) is 9.07. The van der Waals surface area contributed by atoms with Gasteiger partial charge >= 0.3 is 0 Å². The molecule has 0 radical (unpaired) electrons. The van der Waals surface area contributed by atoms with Crippen molar-refractivity contribution in [2.45, 2.75) is 6.92 Å². The maximum absolute atomic E-state index is 12.1. The van der Waals surface area contributed by atoms with Crippen LogP contribution < -0.4 is 11.5 Å². The van der Waals surface area contributed by atoms with Crippen LogP contribution in [0.4, 0.5) is 5.69 Å². The molecule has 6 nitrogen and oxygen atoms in total. The number of aliphatic imine (C=N–C) groups is 1. The second kappa shape index (κ2) is 6.42. The lowest BCUT2D eigenvalue weighted by atomic mass is 9.96. The Morgan fingerprint density at radius 3 is 2.60 bits per heavy atom. The fraction of sp³-hybridized carbons (Fsp3) is 0.0526. The Hall–Kier alpha value is -3.72. The first-order chi connectivity index (χ1) is 12.0. The van der Waals surface area contributed by atoms with E-state index < -0.39 is 5.91 Å². The Bertz CT molecular complexity index is 1060. The molecule has 3 aromatic rings. The Kier molecular flexibility index (Phi) is 4.14. The van der Waals surface area contributed by atoms with Gasteiger partial charge in [-0.3, -0.25) is 9.78 Å². The third kappa shape index (κ3) is 3.16. The Morgan fingerprint density at radius 1 is 1.12 bits per heavy atom. The van der Waals surface area contributed by atoms with Gasteiger partial charge < -0.3 is 11.5 Å². The number of benzene rings is 2. The number of nitrogens with two attached hydrogens (primary N) is 2. The first kappa shape index (κ1) is 16.1. The molecule has 0 aliphatic carbocycles. The summed E-state index contributed by atoms with van der Waals surface area (Å²) < 4.78 is 0. The summed E-state index contributed by atoms with van der Waals surface area (Å²) in [4.78, 5) is 23.5. The van der Waals surface area contributed by atoms with Crippen molar-refractivity contribution in [1.29, 1.82) is 0 Å². The van der Waals surface area contributed by atoms with Crippen LogP contribution in [-0.2, 0) is 0 Å². The molecule has 0 saturated carbocycles. The van der Waals surface area contributed by atoms with Crippen LogP contribution in [0.5, 0.6) is 0 Å². The van der Waals surface area contributed by atoms with Crippen molar-refractivity contribution in [3.8, 4) is 11.1 Å². The highest BCUT2D eigenvalue weighted by molar-refractivity contribution is 6.06. The number of nitrogens with zero attached hydrogens (tertiary/aromatic N) is 3. The highest BCUT2D eigenvalue weighted by Crippen LogP contribution is 2.32. The summed E-state index contributed by atoms with van der Waals surface area (Å²) in [6.07, 6.45) is 1.72. The number of hydrogen-bond acceptors (Lipinski definition) is 2. The molecule has 3 rings (SSSR count). The van der Waals surface area contributed by atoms with Crippen LogP contribution in [0.1, 0.15) is 15.9 Å². The predicted octanol–water partition coefficient (Wildman–Crippen LogP) is 3.17. The van der Waals surface area contributed by atoms with Gasteiger partial charge in [0.05, 0.1) is 12.1 Å². The van der Waals surface area contributed by atoms with Gasteiger partial charge in [-0.2, -0.15) is 4.99 Å². The van der Waals surface area contributed by atoms with Gasteiger partial charge in [0.1, 0.15) is 0 Å². The smallest absolute Gasteiger partial charge is 0.280 e. The average molecular weight is 329 g/mol. The number of pyridine rings is 1. The number of carbonyl (C=O) groups is 1. The van der Waals surface area contributed by atoms with Gasteiger partial charge in [0.2, 0.25) is 0 Å². The zero-order chi connectivity index (χ0) is 18.0. The van der Waals surface area contributed by atoms with Crippen molar-refractivity contribution in [1.82, 2.24) is 4.98 Å². The maximum Gasteiger partial charge on any atom is 0.280 e. The van der Waals surface area contributed by atoms with Gasteiger partial charge in [0.15, 0.2) is 11.6 Å². The van der Waals surface area contributed by atoms with Gasteiger partial charge in [-0.25, -0.2) is 4.85 Å². The minimum Gasteiger partial charge on any atom is -0.370 e. The molecule has 0 unspecified atom stereocenters. The molecule has 0 fully saturated rings. The van der Waals surface area contributed by atoms with Crippen LogP contribution in [0.15, 0.2) is 53.7 Å². The minimum absolute atomic E-state index is 0.276. The van der Waals surface area contributed by atoms with Crippen molar-refractivity contribution in [3.05, 3.63) is 71.2 Å². The fourth-order valence-electron chi connectivity index (χ4n) is 2.72. The third-order valence-corrected chi connectivity index (χ3v) is 3.85. The number of rotatable bonds is 2. The molecule has 1 amide bonds. The molecule has 4 N–H and O–H groups in total. The van der Waals surface area contributed by atoms with Gasteiger partial charge in [-0.05, 0) is 42.3 Å². The van der Waals surface area contributed by atoms with Crippen molar-refractivity contribution in [3.63, 3.8) is 0 Å². The van der Waals surface area contributed by atoms with E-state index in [2.05, 4.69) is 14.8 Å². The van der Waals surface area contributed by atoms with E-state index in [-0.39, 0.29) is 5.96 Å². The molecular weight excluding hydrogens is 314 g/mol. The molecule has 0 atom stereocenters. The second-order valence-electron chi connectivity index (χ2n) is 5.54. The van der Waals surface area contributed by atoms with Crippen LogP contribution >= 0.6 is 0 Å². The Morgan fingerprint density at radius 2 is 1.92 bits per heavy atom. The quantitative estimate of drug-likeness (QED) is 0.428. The zero-order valence-electron chi connectivity index (χ0n) is 13.5. The lowest BCUT2D eigenvalue weighted by Crippen LogP contribution is -2.24. The van der Waals surface area contributed by atoms with Crippen molar-refractivity contribution in [2.75, 3.05) is 0 Å². The van der Waals surface area contributed by atoms with Gasteiger partial charge in [0, 0.05) is 17.1 Å². The summed E-state index contributed by atoms with van der Waals surface area (Å²) in [5.41, 5.74) is 15.2. The SMILES string of the molecule is [C-]#[N+]c1ccc(-c2ccnc3ccc(C(=O)N=C(N)N)cc23)c(C)c1. The zero-order valence-corrected chi connectivity index (χ0v) is 13.5. The molecule has 122 valence electrons. The highest BCUT2D eigenvalue weighted by atomic mass is 16.1. The molecule has 2 aromatic carbocycles. The molecule has 0 spiro atoms. The fourth-order valence-corrected chi connectivity index (χ4v) is 2.72. The number of guanidine groups is 1. The van der Waals surface area contributed by atoms with Crippen molar-refractivity contribution in [2.24, 2.45) is 16.5 Å². The first-order valence-corrected chi connectivity index (χ1v) is 7.51. The van der Waals surface area contributed by atoms with Gasteiger partial charge in [0.25, 0.3) is 5.91 Å². The molecule has 0 saturated heterocycles. The van der Waals surface area contributed by atoms with E-state index in [4.69, 9.17) is 18.0 Å². The van der Waals surface area contributed by atoms with Crippen LogP contribution in [-0.4, -0.2) is 16.9 Å². The number of fused-ring (bicyclic) bond motifs is 1. The van der Waals surface area contributed by atoms with Crippen molar-refractivity contribution >= 4 is 28.5 Å². The average Bonchev–Trinajstić information content (AvgIpc) is 2.60. The summed E-state index contributed by atoms with van der Waals surface area (Å²) in [6, 6.07) is 12.5. The molecule has 6 heteroatoms. The maximum atomic E-state index is 12.1. The van der Waals surface area contributed by atoms with Crippen LogP contribution in [0.25, 0.3) is 26.9 Å². The number of aromatic nitrogens is 1. The monoisotopic (exact) mass is 329 g/mol. The molecule has 1 aromatic heterocycles. The molecule has 0 aliphatic rings. The van der Waals surface area contributed by atoms with Crippen LogP contribution in [0.2, 0.25) is 0 Å². The highest BCUT2D eigenvalue weighted by Gasteiger charge is 2.11. The largest absolute Gasteiger partial charge is 0.370 e. The third-order valence-electron chi connectivity index (χ3n) is 3.85. The van der Waals surface area contributed by atoms with Gasteiger partial charge in [-0.1, -0.05) is 23.8 Å². The lowest BCUT2D eigenvalue weighted by molar-refractivity contribution is 0.100. The molecule has 25 heavy (non-hydrogen) atoms. The van der Waals surface area contributed by atoms with Crippen LogP contribution in [0, 0.1) is 13.5 Å². The van der Waals surface area contributed by atoms with Crippen LogP contribution in [0.3, 0.4) is 0 Å². The standard InChI is InChI=1S/C19H15N5O/c1-11-9-13(22-2)4-5-14(11)15-7-8-23-17-6-3-12(10-16(15)17)18(25)24-19(20)21/h3-10H,1H3,(H4,20,21,24,25). The first-order valence-electron chi connectivity index (χ1n) is 7.51. The summed E-state index contributed by atoms with van der Waals surface area (Å²) >= 11 is 0. The molecular formula is C19H15N5O. The number of aryl methyl sites for hydroxylation is 1. The second-order valence-corrected chi connectivity index (χ2v) is 5.54. The summed E-state index contributed by atoms with van der Waals surface area (Å²) in [5, 5.41) is 0.817. The molecule has 0 bridgehead atoms. The number of hydrogen-bond donors (Lipinski definition) is 2. The Balaban J connectivity index is 2.21. The van der Waals surface area contributed by atoms with Crippen molar-refractivity contribution < 1.29 is 4.79 Å². The number of amides is 1. The summed E-state index contributed by atoms with van der Waals surface area (Å²) in [5.74, 6) is -0.779. The molecule has 0 aliphatic heterocycles. The van der Waals surface area contributed by atoms with E-state index in [0.29, 0.717) is 11.3 Å². The van der Waals surface area contributed by atoms with Gasteiger partial charge in [-0.15, -0.1) is 0 Å². The molecule has 1 heterocycles.